The molecule has 0 bridgehead atoms. The average Bonchev–Trinajstić information content (AvgIpc) is 3.17. The van der Waals surface area contributed by atoms with Crippen molar-refractivity contribution in [3.63, 3.8) is 0 Å². The van der Waals surface area contributed by atoms with Gasteiger partial charge in [-0.2, -0.15) is 0 Å². The van der Waals surface area contributed by atoms with Crippen LogP contribution >= 0.6 is 23.2 Å². The lowest BCUT2D eigenvalue weighted by Gasteiger charge is -2.27. The number of fused-ring (bicyclic) bond motifs is 1. The Morgan fingerprint density at radius 1 is 0.903 bits per heavy atom. The second-order valence-electron chi connectivity index (χ2n) is 7.50. The molecule has 2 atom stereocenters. The molecule has 0 amide bonds. The molecule has 160 valence electrons. The number of hydrogen-bond acceptors (Lipinski definition) is 2. The zero-order chi connectivity index (χ0) is 22.0. The molecule has 0 fully saturated rings. The quantitative estimate of drug-likeness (QED) is 0.344. The highest BCUT2D eigenvalue weighted by molar-refractivity contribution is 7.89. The number of rotatable bonds is 7. The van der Waals surface area contributed by atoms with Crippen molar-refractivity contribution >= 4 is 44.1 Å². The van der Waals surface area contributed by atoms with Gasteiger partial charge in [0, 0.05) is 39.6 Å². The van der Waals surface area contributed by atoms with Crippen molar-refractivity contribution in [1.29, 1.82) is 0 Å². The molecule has 1 N–H and O–H groups in total. The number of halogens is 2. The Morgan fingerprint density at radius 2 is 1.58 bits per heavy atom. The number of hydrogen-bond donors (Lipinski definition) is 1. The Morgan fingerprint density at radius 3 is 2.29 bits per heavy atom. The van der Waals surface area contributed by atoms with Gasteiger partial charge in [0.2, 0.25) is 10.0 Å². The summed E-state index contributed by atoms with van der Waals surface area (Å²) in [5, 5.41) is 2.34. The first kappa shape index (κ1) is 21.9. The summed E-state index contributed by atoms with van der Waals surface area (Å²) in [4.78, 5) is 0.247. The van der Waals surface area contributed by atoms with Crippen molar-refractivity contribution in [1.82, 2.24) is 9.29 Å². The van der Waals surface area contributed by atoms with E-state index in [1.807, 2.05) is 54.7 Å². The van der Waals surface area contributed by atoms with Crippen LogP contribution < -0.4 is 4.72 Å². The first-order valence-corrected chi connectivity index (χ1v) is 12.2. The number of nitrogens with zero attached hydrogens (tertiary/aromatic N) is 1. The van der Waals surface area contributed by atoms with Crippen LogP contribution in [0.2, 0.25) is 10.0 Å². The summed E-state index contributed by atoms with van der Waals surface area (Å²) in [6, 6.07) is 23.6. The van der Waals surface area contributed by atoms with Crippen LogP contribution in [0.4, 0.5) is 0 Å². The minimum absolute atomic E-state index is 0.0158. The number of benzene rings is 3. The van der Waals surface area contributed by atoms with Crippen molar-refractivity contribution < 1.29 is 8.42 Å². The fourth-order valence-electron chi connectivity index (χ4n) is 3.81. The number of aromatic nitrogens is 1. The van der Waals surface area contributed by atoms with Crippen LogP contribution in [0.15, 0.2) is 90.0 Å². The molecule has 7 heteroatoms. The van der Waals surface area contributed by atoms with E-state index in [0.717, 1.165) is 16.5 Å². The smallest absolute Gasteiger partial charge is 0.240 e. The van der Waals surface area contributed by atoms with E-state index in [1.165, 1.54) is 0 Å². The van der Waals surface area contributed by atoms with Gasteiger partial charge in [-0.3, -0.25) is 0 Å². The fourth-order valence-corrected chi connectivity index (χ4v) is 5.19. The van der Waals surface area contributed by atoms with Gasteiger partial charge in [-0.1, -0.05) is 60.5 Å². The number of nitrogens with one attached hydrogen (secondary N) is 1. The molecule has 1 aromatic heterocycles. The van der Waals surface area contributed by atoms with E-state index < -0.39 is 10.0 Å². The maximum atomic E-state index is 12.9. The van der Waals surface area contributed by atoms with Gasteiger partial charge in [0.25, 0.3) is 0 Å². The lowest BCUT2D eigenvalue weighted by molar-refractivity contribution is 0.435. The first-order valence-electron chi connectivity index (χ1n) is 9.91. The monoisotopic (exact) mass is 472 g/mol. The minimum atomic E-state index is -3.63. The molecule has 4 nitrogen and oxygen atoms in total. The summed E-state index contributed by atoms with van der Waals surface area (Å²) in [5.74, 6) is 0.0158. The molecule has 0 aliphatic carbocycles. The topological polar surface area (TPSA) is 51.1 Å². The van der Waals surface area contributed by atoms with Gasteiger partial charge in [-0.15, -0.1) is 0 Å². The standard InChI is InChI=1S/C24H22Cl2N2O2S/c1-17(18-7-9-20(25)10-8-18)24(16-27-31(29,30)22-5-3-2-4-6-22)28-14-13-19-15-21(26)11-12-23(19)28/h2-15,17,24,27H,16H2,1H3. The minimum Gasteiger partial charge on any atom is -0.342 e. The predicted molar refractivity (Wildman–Crippen MR) is 127 cm³/mol. The molecule has 0 aliphatic rings. The van der Waals surface area contributed by atoms with E-state index in [0.29, 0.717) is 10.0 Å². The molecule has 0 saturated heterocycles. The molecule has 3 aromatic carbocycles. The largest absolute Gasteiger partial charge is 0.342 e. The van der Waals surface area contributed by atoms with Crippen molar-refractivity contribution in [3.8, 4) is 0 Å². The highest BCUT2D eigenvalue weighted by atomic mass is 35.5. The van der Waals surface area contributed by atoms with E-state index in [1.54, 1.807) is 30.3 Å². The zero-order valence-electron chi connectivity index (χ0n) is 16.9. The lowest BCUT2D eigenvalue weighted by Crippen LogP contribution is -2.33. The van der Waals surface area contributed by atoms with E-state index in [2.05, 4.69) is 16.2 Å². The molecule has 4 aromatic rings. The van der Waals surface area contributed by atoms with E-state index >= 15 is 0 Å². The van der Waals surface area contributed by atoms with Gasteiger partial charge in [-0.05, 0) is 54.1 Å². The Kier molecular flexibility index (Phi) is 6.39. The van der Waals surface area contributed by atoms with Crippen molar-refractivity contribution in [2.24, 2.45) is 0 Å². The first-order chi connectivity index (χ1) is 14.8. The summed E-state index contributed by atoms with van der Waals surface area (Å²) < 4.78 is 30.6. The van der Waals surface area contributed by atoms with Crippen LogP contribution in [0.3, 0.4) is 0 Å². The molecule has 0 aliphatic heterocycles. The maximum Gasteiger partial charge on any atom is 0.240 e. The third kappa shape index (κ3) is 4.80. The second kappa shape index (κ2) is 9.05. The molecule has 0 spiro atoms. The summed E-state index contributed by atoms with van der Waals surface area (Å²) in [5.41, 5.74) is 2.07. The van der Waals surface area contributed by atoms with Gasteiger partial charge in [0.1, 0.15) is 0 Å². The van der Waals surface area contributed by atoms with E-state index in [4.69, 9.17) is 23.2 Å². The average molecular weight is 473 g/mol. The molecule has 0 saturated carbocycles. The maximum absolute atomic E-state index is 12.9. The fraction of sp³-hybridized carbons (Fsp3) is 0.167. The van der Waals surface area contributed by atoms with Gasteiger partial charge in [0.15, 0.2) is 0 Å². The second-order valence-corrected chi connectivity index (χ2v) is 10.1. The van der Waals surface area contributed by atoms with E-state index in [9.17, 15) is 8.42 Å². The molecular weight excluding hydrogens is 451 g/mol. The van der Waals surface area contributed by atoms with Crippen molar-refractivity contribution in [3.05, 3.63) is 101 Å². The molecule has 1 heterocycles. The Hall–Kier alpha value is -2.31. The van der Waals surface area contributed by atoms with Crippen LogP contribution in [-0.4, -0.2) is 19.5 Å². The van der Waals surface area contributed by atoms with Crippen molar-refractivity contribution in [2.45, 2.75) is 23.8 Å². The van der Waals surface area contributed by atoms with Crippen molar-refractivity contribution in [2.75, 3.05) is 6.54 Å². The molecular formula is C24H22Cl2N2O2S. The Bertz CT molecular complexity index is 1290. The summed E-state index contributed by atoms with van der Waals surface area (Å²) >= 11 is 12.2. The summed E-state index contributed by atoms with van der Waals surface area (Å²) in [6.45, 7) is 2.32. The van der Waals surface area contributed by atoms with Crippen LogP contribution in [-0.2, 0) is 10.0 Å². The normalized spacial score (nSPS) is 13.9. The van der Waals surface area contributed by atoms with E-state index in [-0.39, 0.29) is 23.4 Å². The van der Waals surface area contributed by atoms with Crippen LogP contribution in [0, 0.1) is 0 Å². The highest BCUT2D eigenvalue weighted by Gasteiger charge is 2.25. The molecule has 0 radical (unpaired) electrons. The Balaban J connectivity index is 1.71. The molecule has 4 rings (SSSR count). The third-order valence-electron chi connectivity index (χ3n) is 5.55. The van der Waals surface area contributed by atoms with Gasteiger partial charge in [0.05, 0.1) is 10.9 Å². The lowest BCUT2D eigenvalue weighted by atomic mass is 9.93. The third-order valence-corrected chi connectivity index (χ3v) is 7.48. The zero-order valence-corrected chi connectivity index (χ0v) is 19.2. The highest BCUT2D eigenvalue weighted by Crippen LogP contribution is 2.33. The summed E-state index contributed by atoms with van der Waals surface area (Å²) in [6.07, 6.45) is 1.98. The van der Waals surface area contributed by atoms with Crippen LogP contribution in [0.25, 0.3) is 10.9 Å². The van der Waals surface area contributed by atoms with Gasteiger partial charge < -0.3 is 4.57 Å². The Labute approximate surface area is 192 Å². The molecule has 31 heavy (non-hydrogen) atoms. The van der Waals surface area contributed by atoms with Gasteiger partial charge >= 0.3 is 0 Å². The van der Waals surface area contributed by atoms with Crippen LogP contribution in [0.1, 0.15) is 24.4 Å². The van der Waals surface area contributed by atoms with Gasteiger partial charge in [-0.25, -0.2) is 13.1 Å². The molecule has 2 unspecified atom stereocenters. The number of sulfonamides is 1. The summed E-state index contributed by atoms with van der Waals surface area (Å²) in [7, 11) is -3.63. The SMILES string of the molecule is CC(c1ccc(Cl)cc1)C(CNS(=O)(=O)c1ccccc1)n1ccc2cc(Cl)ccc21. The van der Waals surface area contributed by atoms with Crippen LogP contribution in [0.5, 0.6) is 0 Å². The predicted octanol–water partition coefficient (Wildman–Crippen LogP) is 6.27.